The van der Waals surface area contributed by atoms with E-state index in [9.17, 15) is 9.90 Å². The van der Waals surface area contributed by atoms with Crippen molar-refractivity contribution in [3.05, 3.63) is 98.8 Å². The molecule has 1 N–H and O–H groups in total. The fraction of sp³-hybridized carbons (Fsp3) is 0.222. The van der Waals surface area contributed by atoms with Crippen LogP contribution in [0, 0.1) is 0 Å². The Morgan fingerprint density at radius 2 is 1.58 bits per heavy atom. The van der Waals surface area contributed by atoms with Gasteiger partial charge in [-0.15, -0.1) is 0 Å². The molecule has 0 spiro atoms. The van der Waals surface area contributed by atoms with E-state index in [1.165, 1.54) is 0 Å². The van der Waals surface area contributed by atoms with Crippen molar-refractivity contribution in [2.24, 2.45) is 0 Å². The van der Waals surface area contributed by atoms with Crippen LogP contribution < -0.4 is 5.63 Å². The van der Waals surface area contributed by atoms with Gasteiger partial charge in [-0.25, -0.2) is 4.79 Å². The minimum atomic E-state index is -0.441. The lowest BCUT2D eigenvalue weighted by atomic mass is 9.87. The summed E-state index contributed by atoms with van der Waals surface area (Å²) in [5, 5.41) is 11.5. The van der Waals surface area contributed by atoms with Crippen molar-refractivity contribution in [1.29, 1.82) is 0 Å². The second-order valence-electron chi connectivity index (χ2n) is 7.90. The third kappa shape index (κ3) is 4.75. The summed E-state index contributed by atoms with van der Waals surface area (Å²) in [6.07, 6.45) is 3.50. The zero-order valence-corrected chi connectivity index (χ0v) is 19.1. The number of halogens is 1. The zero-order valence-electron chi connectivity index (χ0n) is 17.5. The van der Waals surface area contributed by atoms with Gasteiger partial charge in [0.25, 0.3) is 0 Å². The highest BCUT2D eigenvalue weighted by atomic mass is 79.9. The molecule has 0 fully saturated rings. The van der Waals surface area contributed by atoms with E-state index in [2.05, 4.69) is 59.3 Å². The van der Waals surface area contributed by atoms with Crippen LogP contribution in [-0.4, -0.2) is 5.11 Å². The van der Waals surface area contributed by atoms with Crippen molar-refractivity contribution in [2.45, 2.75) is 38.5 Å². The van der Waals surface area contributed by atoms with Crippen LogP contribution in [0.15, 0.2) is 86.5 Å². The molecule has 0 radical (unpaired) electrons. The molecule has 3 nitrogen and oxygen atoms in total. The van der Waals surface area contributed by atoms with E-state index < -0.39 is 5.63 Å². The Labute approximate surface area is 190 Å². The van der Waals surface area contributed by atoms with E-state index in [4.69, 9.17) is 4.42 Å². The van der Waals surface area contributed by atoms with Crippen LogP contribution in [0.5, 0.6) is 5.75 Å². The molecule has 1 unspecified atom stereocenters. The van der Waals surface area contributed by atoms with Crippen molar-refractivity contribution in [2.75, 3.05) is 0 Å². The van der Waals surface area contributed by atoms with Gasteiger partial charge < -0.3 is 9.52 Å². The zero-order chi connectivity index (χ0) is 21.8. The van der Waals surface area contributed by atoms with Crippen LogP contribution in [0.4, 0.5) is 0 Å². The highest BCUT2D eigenvalue weighted by molar-refractivity contribution is 9.10. The normalized spacial score (nSPS) is 12.2. The van der Waals surface area contributed by atoms with E-state index in [1.54, 1.807) is 18.2 Å². The van der Waals surface area contributed by atoms with Gasteiger partial charge in [0, 0.05) is 4.47 Å². The van der Waals surface area contributed by atoms with Crippen LogP contribution in [0.3, 0.4) is 0 Å². The van der Waals surface area contributed by atoms with Gasteiger partial charge in [0.2, 0.25) is 0 Å². The van der Waals surface area contributed by atoms with Gasteiger partial charge in [-0.05, 0) is 59.7 Å². The van der Waals surface area contributed by atoms with E-state index in [1.807, 2.05) is 18.2 Å². The van der Waals surface area contributed by atoms with Gasteiger partial charge in [-0.3, -0.25) is 0 Å². The summed E-state index contributed by atoms with van der Waals surface area (Å²) in [5.74, 6) is -0.0428. The molecule has 0 aliphatic heterocycles. The Balaban J connectivity index is 1.66. The molecule has 0 aliphatic rings. The third-order valence-corrected chi connectivity index (χ3v) is 6.28. The minimum Gasteiger partial charge on any atom is -0.507 e. The molecule has 31 heavy (non-hydrogen) atoms. The van der Waals surface area contributed by atoms with Gasteiger partial charge in [0.05, 0.1) is 10.9 Å². The second kappa shape index (κ2) is 9.52. The number of aromatic hydroxyl groups is 1. The summed E-state index contributed by atoms with van der Waals surface area (Å²) in [6, 6.07) is 23.8. The smallest absolute Gasteiger partial charge is 0.343 e. The second-order valence-corrected chi connectivity index (χ2v) is 8.81. The van der Waals surface area contributed by atoms with E-state index in [-0.39, 0.29) is 11.7 Å². The number of benzene rings is 3. The van der Waals surface area contributed by atoms with Crippen molar-refractivity contribution in [3.63, 3.8) is 0 Å². The van der Waals surface area contributed by atoms with E-state index >= 15 is 0 Å². The lowest BCUT2D eigenvalue weighted by molar-refractivity contribution is 0.437. The van der Waals surface area contributed by atoms with Crippen LogP contribution in [0.2, 0.25) is 0 Å². The molecular weight excluding hydrogens is 452 g/mol. The summed E-state index contributed by atoms with van der Waals surface area (Å²) in [4.78, 5) is 12.8. The Hall–Kier alpha value is -2.85. The minimum absolute atomic E-state index is 0.0550. The molecule has 4 heteroatoms. The van der Waals surface area contributed by atoms with Gasteiger partial charge in [0.15, 0.2) is 0 Å². The molecule has 1 aromatic heterocycles. The first-order chi connectivity index (χ1) is 15.1. The number of hydrogen-bond acceptors (Lipinski definition) is 3. The lowest BCUT2D eigenvalue weighted by Crippen LogP contribution is -2.15. The quantitative estimate of drug-likeness (QED) is 0.282. The maximum Gasteiger partial charge on any atom is 0.343 e. The maximum absolute atomic E-state index is 12.8. The molecular formula is C27H25BrO3. The lowest BCUT2D eigenvalue weighted by Gasteiger charge is -2.18. The predicted octanol–water partition coefficient (Wildman–Crippen LogP) is 7.44. The van der Waals surface area contributed by atoms with Crippen molar-refractivity contribution < 1.29 is 9.52 Å². The summed E-state index contributed by atoms with van der Waals surface area (Å²) in [5.41, 5.74) is 3.81. The molecule has 0 saturated carbocycles. The van der Waals surface area contributed by atoms with Crippen LogP contribution in [0.1, 0.15) is 43.2 Å². The van der Waals surface area contributed by atoms with Gasteiger partial charge in [-0.1, -0.05) is 84.2 Å². The summed E-state index contributed by atoms with van der Waals surface area (Å²) in [7, 11) is 0. The van der Waals surface area contributed by atoms with Crippen LogP contribution in [-0.2, 0) is 6.42 Å². The van der Waals surface area contributed by atoms with E-state index in [0.29, 0.717) is 23.0 Å². The molecule has 1 atom stereocenters. The third-order valence-electron chi connectivity index (χ3n) is 5.75. The maximum atomic E-state index is 12.8. The van der Waals surface area contributed by atoms with Crippen molar-refractivity contribution in [3.8, 4) is 16.9 Å². The Bertz CT molecular complexity index is 1220. The number of fused-ring (bicyclic) bond motifs is 1. The van der Waals surface area contributed by atoms with Crippen molar-refractivity contribution >= 4 is 26.9 Å². The summed E-state index contributed by atoms with van der Waals surface area (Å²) < 4.78 is 6.60. The Morgan fingerprint density at radius 1 is 0.935 bits per heavy atom. The number of unbranched alkanes of at least 4 members (excludes halogenated alkanes) is 1. The van der Waals surface area contributed by atoms with Gasteiger partial charge >= 0.3 is 5.63 Å². The van der Waals surface area contributed by atoms with Crippen LogP contribution in [0.25, 0.3) is 22.1 Å². The van der Waals surface area contributed by atoms with E-state index in [0.717, 1.165) is 40.4 Å². The number of hydrogen-bond donors (Lipinski definition) is 1. The van der Waals surface area contributed by atoms with Gasteiger partial charge in [0.1, 0.15) is 11.3 Å². The largest absolute Gasteiger partial charge is 0.507 e. The number of para-hydroxylation sites is 1. The molecule has 4 aromatic rings. The first-order valence-electron chi connectivity index (χ1n) is 10.7. The molecule has 158 valence electrons. The summed E-state index contributed by atoms with van der Waals surface area (Å²) in [6.45, 7) is 2.13. The van der Waals surface area contributed by atoms with Gasteiger partial charge in [-0.2, -0.15) is 0 Å². The SMILES string of the molecule is CCCCC(Cc1ccc(-c2ccc(Br)cc2)cc1)c1c(O)c2ccccc2oc1=O. The molecule has 0 amide bonds. The fourth-order valence-corrected chi connectivity index (χ4v) is 4.33. The van der Waals surface area contributed by atoms with Crippen LogP contribution >= 0.6 is 15.9 Å². The fourth-order valence-electron chi connectivity index (χ4n) is 4.07. The summed E-state index contributed by atoms with van der Waals surface area (Å²) >= 11 is 3.47. The standard InChI is InChI=1S/C27H25BrO3/c1-2-3-6-21(25-26(29)23-7-4-5-8-24(23)31-27(25)30)17-18-9-11-19(12-10-18)20-13-15-22(28)16-14-20/h4-5,7-16,21,29H,2-3,6,17H2,1H3. The first-order valence-corrected chi connectivity index (χ1v) is 11.5. The molecule has 4 rings (SSSR count). The first kappa shape index (κ1) is 21.4. The molecule has 0 bridgehead atoms. The average Bonchev–Trinajstić information content (AvgIpc) is 2.78. The highest BCUT2D eigenvalue weighted by Crippen LogP contribution is 2.35. The Morgan fingerprint density at radius 3 is 2.26 bits per heavy atom. The monoisotopic (exact) mass is 476 g/mol. The molecule has 3 aromatic carbocycles. The van der Waals surface area contributed by atoms with Crippen molar-refractivity contribution in [1.82, 2.24) is 0 Å². The molecule has 0 saturated heterocycles. The average molecular weight is 477 g/mol. The predicted molar refractivity (Wildman–Crippen MR) is 130 cm³/mol. The Kier molecular flexibility index (Phi) is 6.57. The molecule has 1 heterocycles. The number of rotatable bonds is 7. The highest BCUT2D eigenvalue weighted by Gasteiger charge is 2.23. The molecule has 0 aliphatic carbocycles. The topological polar surface area (TPSA) is 50.4 Å².